The van der Waals surface area contributed by atoms with Crippen LogP contribution in [0.4, 0.5) is 11.5 Å². The van der Waals surface area contributed by atoms with Crippen molar-refractivity contribution in [3.05, 3.63) is 76.4 Å². The minimum Gasteiger partial charge on any atom is -0.493 e. The van der Waals surface area contributed by atoms with Gasteiger partial charge in [-0.25, -0.2) is 4.98 Å². The van der Waals surface area contributed by atoms with Gasteiger partial charge in [0.05, 0.1) is 44.1 Å². The monoisotopic (exact) mass is 633 g/mol. The Kier molecular flexibility index (Phi) is 10.5. The van der Waals surface area contributed by atoms with E-state index in [4.69, 9.17) is 26.1 Å². The molecule has 0 radical (unpaired) electrons. The molecule has 45 heavy (non-hydrogen) atoms. The van der Waals surface area contributed by atoms with E-state index in [9.17, 15) is 9.59 Å². The maximum Gasteiger partial charge on any atom is 0.233 e. The number of hydrogen-bond donors (Lipinski definition) is 2. The quantitative estimate of drug-likeness (QED) is 0.286. The molecule has 0 spiro atoms. The number of ether oxygens (including phenoxy) is 2. The van der Waals surface area contributed by atoms with E-state index in [0.29, 0.717) is 35.0 Å². The van der Waals surface area contributed by atoms with Gasteiger partial charge in [-0.1, -0.05) is 23.7 Å². The number of amides is 2. The summed E-state index contributed by atoms with van der Waals surface area (Å²) in [5, 5.41) is 6.67. The third-order valence-electron chi connectivity index (χ3n) is 8.75. The molecule has 0 saturated heterocycles. The number of halogens is 1. The van der Waals surface area contributed by atoms with Gasteiger partial charge in [0.25, 0.3) is 0 Å². The van der Waals surface area contributed by atoms with Crippen molar-refractivity contribution in [1.29, 1.82) is 0 Å². The van der Waals surface area contributed by atoms with E-state index in [1.54, 1.807) is 20.4 Å². The molecule has 3 aromatic rings. The summed E-state index contributed by atoms with van der Waals surface area (Å²) in [6, 6.07) is 15.5. The summed E-state index contributed by atoms with van der Waals surface area (Å²) >= 11 is 6.26. The number of carbonyl (C=O) groups is 2. The highest BCUT2D eigenvalue weighted by atomic mass is 35.5. The van der Waals surface area contributed by atoms with Crippen molar-refractivity contribution in [3.8, 4) is 11.5 Å². The molecule has 1 fully saturated rings. The molecule has 9 nitrogen and oxygen atoms in total. The maximum absolute atomic E-state index is 13.8. The molecule has 1 aromatic heterocycles. The van der Waals surface area contributed by atoms with Crippen LogP contribution in [0, 0.1) is 5.92 Å². The molecular formula is C35H44ClN5O4. The molecule has 2 aromatic carbocycles. The summed E-state index contributed by atoms with van der Waals surface area (Å²) in [6.45, 7) is 5.23. The number of methoxy groups -OCH3 is 1. The molecule has 2 N–H and O–H groups in total. The molecule has 0 bridgehead atoms. The summed E-state index contributed by atoms with van der Waals surface area (Å²) in [6.07, 6.45) is 6.32. The Morgan fingerprint density at radius 2 is 1.82 bits per heavy atom. The van der Waals surface area contributed by atoms with Crippen molar-refractivity contribution in [2.45, 2.75) is 64.1 Å². The van der Waals surface area contributed by atoms with E-state index in [1.165, 1.54) is 0 Å². The number of carbonyl (C=O) groups excluding carboxylic acids is 2. The summed E-state index contributed by atoms with van der Waals surface area (Å²) in [4.78, 5) is 34.3. The molecule has 1 aliphatic carbocycles. The SMILES string of the molecule is CNC(=O)CNC1CCC(CN(C)c2ccc(N3C(=O)Cc4cc(OC)c(OC(C)C)cc4[C@@H]3c3ccc(Cl)cc3)cn2)CC1. The first-order chi connectivity index (χ1) is 21.7. The fraction of sp³-hybridized carbons (Fsp3) is 0.457. The first-order valence-electron chi connectivity index (χ1n) is 15.7. The van der Waals surface area contributed by atoms with E-state index in [0.717, 1.165) is 60.4 Å². The lowest BCUT2D eigenvalue weighted by Gasteiger charge is -2.38. The normalized spacial score (nSPS) is 19.7. The van der Waals surface area contributed by atoms with E-state index in [2.05, 4.69) is 22.6 Å². The second-order valence-corrected chi connectivity index (χ2v) is 12.7. The van der Waals surface area contributed by atoms with Gasteiger partial charge < -0.3 is 25.0 Å². The summed E-state index contributed by atoms with van der Waals surface area (Å²) in [5.41, 5.74) is 3.56. The molecule has 240 valence electrons. The van der Waals surface area contributed by atoms with Crippen LogP contribution in [0.15, 0.2) is 54.7 Å². The first kappa shape index (κ1) is 32.6. The molecule has 2 aliphatic rings. The van der Waals surface area contributed by atoms with Gasteiger partial charge in [0, 0.05) is 31.7 Å². The van der Waals surface area contributed by atoms with Crippen molar-refractivity contribution in [1.82, 2.24) is 15.6 Å². The predicted octanol–water partition coefficient (Wildman–Crippen LogP) is 5.54. The average molecular weight is 634 g/mol. The number of pyridine rings is 1. The number of anilines is 2. The van der Waals surface area contributed by atoms with Gasteiger partial charge in [-0.2, -0.15) is 0 Å². The Balaban J connectivity index is 1.36. The Morgan fingerprint density at radius 3 is 2.44 bits per heavy atom. The van der Waals surface area contributed by atoms with Crippen LogP contribution < -0.4 is 29.9 Å². The number of fused-ring (bicyclic) bond motifs is 1. The van der Waals surface area contributed by atoms with Crippen molar-refractivity contribution < 1.29 is 19.1 Å². The third-order valence-corrected chi connectivity index (χ3v) is 9.00. The zero-order valence-corrected chi connectivity index (χ0v) is 27.6. The van der Waals surface area contributed by atoms with Crippen LogP contribution >= 0.6 is 11.6 Å². The number of nitrogens with zero attached hydrogens (tertiary/aromatic N) is 3. The van der Waals surface area contributed by atoms with Gasteiger partial charge in [0.2, 0.25) is 11.8 Å². The highest BCUT2D eigenvalue weighted by molar-refractivity contribution is 6.30. The number of nitrogens with one attached hydrogen (secondary N) is 2. The molecule has 1 aliphatic heterocycles. The Hall–Kier alpha value is -3.82. The second-order valence-electron chi connectivity index (χ2n) is 12.3. The van der Waals surface area contributed by atoms with Gasteiger partial charge in [-0.05, 0) is 98.5 Å². The molecule has 0 unspecified atom stereocenters. The molecule has 10 heteroatoms. The molecule has 1 saturated carbocycles. The minimum absolute atomic E-state index is 0.0199. The standard InChI is InChI=1S/C35H44ClN5O4/c1-22(2)45-31-18-29-25(16-30(31)44-5)17-34(43)41(35(29)24-8-10-26(36)11-9-24)28-14-15-32(39-19-28)40(4)21-23-6-12-27(13-7-23)38-20-33(42)37-3/h8-11,14-16,18-19,22-23,27,35,38H,6-7,12-13,17,20-21H2,1-5H3,(H,37,42)/t23?,27?,35-/m0/s1. The Bertz CT molecular complexity index is 1470. The van der Waals surface area contributed by atoms with E-state index in [-0.39, 0.29) is 24.3 Å². The van der Waals surface area contributed by atoms with Crippen LogP contribution in [0.2, 0.25) is 5.02 Å². The second kappa shape index (κ2) is 14.5. The van der Waals surface area contributed by atoms with Gasteiger partial charge in [0.1, 0.15) is 5.82 Å². The lowest BCUT2D eigenvalue weighted by molar-refractivity contribution is -0.120. The van der Waals surface area contributed by atoms with Gasteiger partial charge in [-0.15, -0.1) is 0 Å². The molecular weight excluding hydrogens is 590 g/mol. The van der Waals surface area contributed by atoms with Crippen molar-refractivity contribution in [3.63, 3.8) is 0 Å². The largest absolute Gasteiger partial charge is 0.493 e. The van der Waals surface area contributed by atoms with Crippen molar-refractivity contribution in [2.24, 2.45) is 5.92 Å². The van der Waals surface area contributed by atoms with Crippen LogP contribution in [0.25, 0.3) is 0 Å². The Labute approximate surface area is 271 Å². The number of likely N-dealkylation sites (N-methyl/N-ethyl adjacent to an activating group) is 1. The van der Waals surface area contributed by atoms with Crippen LogP contribution in [0.5, 0.6) is 11.5 Å². The van der Waals surface area contributed by atoms with Crippen LogP contribution in [-0.2, 0) is 16.0 Å². The number of rotatable bonds is 11. The molecule has 2 amide bonds. The highest BCUT2D eigenvalue weighted by Gasteiger charge is 2.36. The summed E-state index contributed by atoms with van der Waals surface area (Å²) < 4.78 is 11.8. The van der Waals surface area contributed by atoms with Gasteiger partial charge in [0.15, 0.2) is 11.5 Å². The van der Waals surface area contributed by atoms with Crippen molar-refractivity contribution in [2.75, 3.05) is 44.1 Å². The fourth-order valence-corrected chi connectivity index (χ4v) is 6.56. The zero-order valence-electron chi connectivity index (χ0n) is 26.8. The average Bonchev–Trinajstić information content (AvgIpc) is 3.04. The maximum atomic E-state index is 13.8. The number of aromatic nitrogens is 1. The molecule has 5 rings (SSSR count). The smallest absolute Gasteiger partial charge is 0.233 e. The zero-order chi connectivity index (χ0) is 32.1. The lowest BCUT2D eigenvalue weighted by Crippen LogP contribution is -2.41. The van der Waals surface area contributed by atoms with E-state index < -0.39 is 6.04 Å². The summed E-state index contributed by atoms with van der Waals surface area (Å²) in [7, 11) is 5.35. The lowest BCUT2D eigenvalue weighted by atomic mass is 9.85. The van der Waals surface area contributed by atoms with Crippen LogP contribution in [0.3, 0.4) is 0 Å². The fourth-order valence-electron chi connectivity index (χ4n) is 6.43. The third kappa shape index (κ3) is 7.71. The van der Waals surface area contributed by atoms with Crippen LogP contribution in [-0.4, -0.2) is 63.2 Å². The summed E-state index contributed by atoms with van der Waals surface area (Å²) in [5.74, 6) is 2.68. The molecule has 1 atom stereocenters. The van der Waals surface area contributed by atoms with Crippen molar-refractivity contribution >= 4 is 34.9 Å². The van der Waals surface area contributed by atoms with Crippen LogP contribution in [0.1, 0.15) is 62.3 Å². The van der Waals surface area contributed by atoms with Gasteiger partial charge in [-0.3, -0.25) is 14.5 Å². The van der Waals surface area contributed by atoms with E-state index >= 15 is 0 Å². The van der Waals surface area contributed by atoms with Gasteiger partial charge >= 0.3 is 0 Å². The number of benzene rings is 2. The minimum atomic E-state index is -0.392. The first-order valence-corrected chi connectivity index (χ1v) is 16.1. The Morgan fingerprint density at radius 1 is 1.09 bits per heavy atom. The highest BCUT2D eigenvalue weighted by Crippen LogP contribution is 2.44. The van der Waals surface area contributed by atoms with E-state index in [1.807, 2.05) is 67.3 Å². The predicted molar refractivity (Wildman–Crippen MR) is 179 cm³/mol. The molecule has 2 heterocycles. The number of hydrogen-bond acceptors (Lipinski definition) is 7. The topological polar surface area (TPSA) is 96.0 Å².